The highest BCUT2D eigenvalue weighted by Crippen LogP contribution is 2.19. The molecule has 2 fully saturated rings. The van der Waals surface area contributed by atoms with Crippen molar-refractivity contribution in [2.75, 3.05) is 59.6 Å². The van der Waals surface area contributed by atoms with Crippen LogP contribution < -0.4 is 5.32 Å². The molecule has 168 valence electrons. The van der Waals surface area contributed by atoms with Gasteiger partial charge in [-0.05, 0) is 25.3 Å². The van der Waals surface area contributed by atoms with E-state index in [4.69, 9.17) is 9.47 Å². The van der Waals surface area contributed by atoms with E-state index >= 15 is 0 Å². The van der Waals surface area contributed by atoms with E-state index in [1.165, 1.54) is 0 Å². The Bertz CT molecular complexity index is 660. The lowest BCUT2D eigenvalue weighted by atomic mass is 9.97. The van der Waals surface area contributed by atoms with Gasteiger partial charge in [0.15, 0.2) is 5.96 Å². The molecule has 1 N–H and O–H groups in total. The van der Waals surface area contributed by atoms with Crippen LogP contribution in [0.4, 0.5) is 0 Å². The zero-order valence-electron chi connectivity index (χ0n) is 18.1. The first kappa shape index (κ1) is 24.9. The average Bonchev–Trinajstić information content (AvgIpc) is 2.79. The van der Waals surface area contributed by atoms with Gasteiger partial charge >= 0.3 is 0 Å². The lowest BCUT2D eigenvalue weighted by Crippen LogP contribution is -2.50. The van der Waals surface area contributed by atoms with Gasteiger partial charge in [-0.15, -0.1) is 24.0 Å². The van der Waals surface area contributed by atoms with Crippen LogP contribution in [-0.2, 0) is 14.3 Å². The van der Waals surface area contributed by atoms with Crippen molar-refractivity contribution in [3.05, 3.63) is 35.9 Å². The molecule has 1 amide bonds. The predicted octanol–water partition coefficient (Wildman–Crippen LogP) is 2.32. The van der Waals surface area contributed by atoms with Gasteiger partial charge in [0.05, 0.1) is 25.2 Å². The maximum atomic E-state index is 13.3. The molecular weight excluding hydrogens is 495 g/mol. The monoisotopic (exact) mass is 530 g/mol. The van der Waals surface area contributed by atoms with E-state index in [-0.39, 0.29) is 35.8 Å². The van der Waals surface area contributed by atoms with Crippen LogP contribution in [0.5, 0.6) is 0 Å². The van der Waals surface area contributed by atoms with Crippen molar-refractivity contribution in [1.82, 2.24) is 15.1 Å². The molecule has 0 spiro atoms. The molecule has 30 heavy (non-hydrogen) atoms. The Kier molecular flexibility index (Phi) is 10.9. The second-order valence-electron chi connectivity index (χ2n) is 7.47. The summed E-state index contributed by atoms with van der Waals surface area (Å²) in [5, 5.41) is 3.46. The van der Waals surface area contributed by atoms with E-state index in [9.17, 15) is 4.79 Å². The van der Waals surface area contributed by atoms with E-state index < -0.39 is 0 Å². The molecule has 0 aliphatic carbocycles. The van der Waals surface area contributed by atoms with E-state index in [0.29, 0.717) is 39.0 Å². The molecule has 2 heterocycles. The molecule has 8 heteroatoms. The number of carbonyl (C=O) groups excluding carboxylic acids is 1. The van der Waals surface area contributed by atoms with Crippen LogP contribution in [-0.4, -0.2) is 87.4 Å². The molecule has 0 saturated carbocycles. The molecular formula is C22H35IN4O3. The Morgan fingerprint density at radius 1 is 1.17 bits per heavy atom. The lowest BCUT2D eigenvalue weighted by Gasteiger charge is -2.35. The van der Waals surface area contributed by atoms with Crippen LogP contribution in [0.15, 0.2) is 35.3 Å². The first-order chi connectivity index (χ1) is 14.2. The third-order valence-electron chi connectivity index (χ3n) is 5.64. The molecule has 3 rings (SSSR count). The van der Waals surface area contributed by atoms with Crippen molar-refractivity contribution in [3.63, 3.8) is 0 Å². The van der Waals surface area contributed by atoms with Crippen LogP contribution in [0, 0.1) is 0 Å². The molecule has 2 saturated heterocycles. The topological polar surface area (TPSA) is 66.4 Å². The second-order valence-corrected chi connectivity index (χ2v) is 7.47. The zero-order chi connectivity index (χ0) is 20.5. The van der Waals surface area contributed by atoms with Crippen LogP contribution in [0.2, 0.25) is 0 Å². The number of morpholine rings is 1. The Morgan fingerprint density at radius 3 is 2.43 bits per heavy atom. The highest BCUT2D eigenvalue weighted by molar-refractivity contribution is 14.0. The van der Waals surface area contributed by atoms with Gasteiger partial charge in [-0.3, -0.25) is 9.79 Å². The fourth-order valence-electron chi connectivity index (χ4n) is 4.03. The molecule has 0 radical (unpaired) electrons. The number of amides is 1. The van der Waals surface area contributed by atoms with Crippen LogP contribution >= 0.6 is 24.0 Å². The number of aliphatic imine (C=N–C) groups is 1. The van der Waals surface area contributed by atoms with Gasteiger partial charge in [-0.25, -0.2) is 0 Å². The first-order valence-electron chi connectivity index (χ1n) is 10.7. The number of hydrogen-bond acceptors (Lipinski definition) is 4. The number of nitrogens with zero attached hydrogens (tertiary/aromatic N) is 3. The molecule has 1 atom stereocenters. The fraction of sp³-hybridized carbons (Fsp3) is 0.636. The number of rotatable bonds is 6. The summed E-state index contributed by atoms with van der Waals surface area (Å²) in [4.78, 5) is 21.9. The molecule has 1 aromatic carbocycles. The number of likely N-dealkylation sites (tertiary alicyclic amines) is 1. The van der Waals surface area contributed by atoms with Crippen molar-refractivity contribution in [2.24, 2.45) is 4.99 Å². The third-order valence-corrected chi connectivity index (χ3v) is 5.64. The van der Waals surface area contributed by atoms with Crippen molar-refractivity contribution < 1.29 is 14.3 Å². The van der Waals surface area contributed by atoms with Gasteiger partial charge < -0.3 is 24.6 Å². The summed E-state index contributed by atoms with van der Waals surface area (Å²) >= 11 is 0. The summed E-state index contributed by atoms with van der Waals surface area (Å²) in [5.41, 5.74) is 1.03. The molecule has 0 bridgehead atoms. The summed E-state index contributed by atoms with van der Waals surface area (Å²) < 4.78 is 11.2. The van der Waals surface area contributed by atoms with Gasteiger partial charge in [0, 0.05) is 46.4 Å². The summed E-state index contributed by atoms with van der Waals surface area (Å²) in [5.74, 6) is 0.764. The molecule has 0 aromatic heterocycles. The van der Waals surface area contributed by atoms with Gasteiger partial charge in [0.2, 0.25) is 5.91 Å². The fourth-order valence-corrected chi connectivity index (χ4v) is 4.03. The number of hydrogen-bond donors (Lipinski definition) is 1. The SMILES string of the molecule is CCOC1CCN(C(=NC)NCC(C(=O)N2CCOCC2)c2ccccc2)CC1.I. The standard InChI is InChI=1S/C22H34N4O3.HI/c1-3-29-19-9-11-26(12-10-19)22(23-2)24-17-20(18-7-5-4-6-8-18)21(27)25-13-15-28-16-14-25;/h4-8,19-20H,3,9-17H2,1-2H3,(H,23,24);1H. The largest absolute Gasteiger partial charge is 0.378 e. The van der Waals surface area contributed by atoms with Crippen molar-refractivity contribution in [2.45, 2.75) is 31.8 Å². The maximum Gasteiger partial charge on any atom is 0.232 e. The maximum absolute atomic E-state index is 13.3. The number of halogens is 1. The van der Waals surface area contributed by atoms with Gasteiger partial charge in [-0.1, -0.05) is 30.3 Å². The highest BCUT2D eigenvalue weighted by atomic mass is 127. The Balaban J connectivity index is 0.00000320. The first-order valence-corrected chi connectivity index (χ1v) is 10.7. The smallest absolute Gasteiger partial charge is 0.232 e. The number of benzene rings is 1. The Morgan fingerprint density at radius 2 is 1.83 bits per heavy atom. The predicted molar refractivity (Wildman–Crippen MR) is 130 cm³/mol. The van der Waals surface area contributed by atoms with E-state index in [0.717, 1.165) is 44.1 Å². The third kappa shape index (κ3) is 6.81. The second kappa shape index (κ2) is 13.1. The van der Waals surface area contributed by atoms with Crippen molar-refractivity contribution in [1.29, 1.82) is 0 Å². The number of carbonyl (C=O) groups is 1. The van der Waals surface area contributed by atoms with Crippen LogP contribution in [0.25, 0.3) is 0 Å². The summed E-state index contributed by atoms with van der Waals surface area (Å²) in [6, 6.07) is 10.0. The Hall–Kier alpha value is -1.39. The van der Waals surface area contributed by atoms with E-state index in [1.54, 1.807) is 7.05 Å². The summed E-state index contributed by atoms with van der Waals surface area (Å²) in [6.45, 7) is 7.69. The molecule has 1 aromatic rings. The summed E-state index contributed by atoms with van der Waals surface area (Å²) in [6.07, 6.45) is 2.35. The quantitative estimate of drug-likeness (QED) is 0.348. The number of guanidine groups is 1. The van der Waals surface area contributed by atoms with E-state index in [2.05, 4.69) is 15.2 Å². The molecule has 7 nitrogen and oxygen atoms in total. The van der Waals surface area contributed by atoms with Gasteiger partial charge in [-0.2, -0.15) is 0 Å². The van der Waals surface area contributed by atoms with Crippen LogP contribution in [0.1, 0.15) is 31.2 Å². The number of nitrogens with one attached hydrogen (secondary N) is 1. The minimum Gasteiger partial charge on any atom is -0.378 e. The molecule has 1 unspecified atom stereocenters. The number of ether oxygens (including phenoxy) is 2. The lowest BCUT2D eigenvalue weighted by molar-refractivity contribution is -0.136. The molecule has 2 aliphatic heterocycles. The minimum atomic E-state index is -0.244. The van der Waals surface area contributed by atoms with Gasteiger partial charge in [0.1, 0.15) is 0 Å². The van der Waals surface area contributed by atoms with E-state index in [1.807, 2.05) is 42.2 Å². The van der Waals surface area contributed by atoms with Crippen molar-refractivity contribution >= 4 is 35.8 Å². The van der Waals surface area contributed by atoms with Gasteiger partial charge in [0.25, 0.3) is 0 Å². The highest BCUT2D eigenvalue weighted by Gasteiger charge is 2.28. The summed E-state index contributed by atoms with van der Waals surface area (Å²) in [7, 11) is 1.80. The average molecular weight is 530 g/mol. The Labute approximate surface area is 197 Å². The molecule has 2 aliphatic rings. The van der Waals surface area contributed by atoms with Crippen LogP contribution in [0.3, 0.4) is 0 Å². The zero-order valence-corrected chi connectivity index (χ0v) is 20.4. The number of piperidine rings is 1. The van der Waals surface area contributed by atoms with Crippen molar-refractivity contribution in [3.8, 4) is 0 Å². The minimum absolute atomic E-state index is 0. The normalized spacial score (nSPS) is 19.2.